The van der Waals surface area contributed by atoms with Crippen LogP contribution in [0.25, 0.3) is 0 Å². The largest absolute Gasteiger partial charge is 0.392 e. The average molecular weight is 233 g/mol. The summed E-state index contributed by atoms with van der Waals surface area (Å²) >= 11 is 0. The lowest BCUT2D eigenvalue weighted by Crippen LogP contribution is -2.32. The van der Waals surface area contributed by atoms with Crippen molar-refractivity contribution in [2.45, 2.75) is 45.3 Å². The lowest BCUT2D eigenvalue weighted by Gasteiger charge is -2.17. The molecule has 1 aromatic rings. The van der Waals surface area contributed by atoms with Crippen molar-refractivity contribution >= 4 is 0 Å². The lowest BCUT2D eigenvalue weighted by atomic mass is 10.1. The van der Waals surface area contributed by atoms with Crippen molar-refractivity contribution in [1.29, 1.82) is 0 Å². The second-order valence-electron chi connectivity index (χ2n) is 5.19. The van der Waals surface area contributed by atoms with Gasteiger partial charge in [0.25, 0.3) is 0 Å². The quantitative estimate of drug-likeness (QED) is 0.819. The standard InChI is InChI=1S/C15H23NO/c1-12-3-2-4-15(12)16-10-9-13-5-7-14(11-17)8-6-13/h5-8,12,15-17H,2-4,9-11H2,1H3. The van der Waals surface area contributed by atoms with Crippen LogP contribution in [-0.2, 0) is 13.0 Å². The maximum absolute atomic E-state index is 8.96. The molecule has 0 bridgehead atoms. The summed E-state index contributed by atoms with van der Waals surface area (Å²) in [6.45, 7) is 3.55. The zero-order valence-electron chi connectivity index (χ0n) is 10.7. The molecule has 17 heavy (non-hydrogen) atoms. The average Bonchev–Trinajstić information content (AvgIpc) is 2.76. The van der Waals surface area contributed by atoms with E-state index in [1.165, 1.54) is 24.8 Å². The first-order valence-electron chi connectivity index (χ1n) is 6.71. The highest BCUT2D eigenvalue weighted by atomic mass is 16.3. The minimum absolute atomic E-state index is 0.137. The molecule has 1 aromatic carbocycles. The zero-order valence-corrected chi connectivity index (χ0v) is 10.7. The molecule has 0 radical (unpaired) electrons. The summed E-state index contributed by atoms with van der Waals surface area (Å²) in [5, 5.41) is 12.6. The Labute approximate surface area is 104 Å². The SMILES string of the molecule is CC1CCCC1NCCc1ccc(CO)cc1. The highest BCUT2D eigenvalue weighted by Gasteiger charge is 2.21. The molecule has 2 rings (SSSR count). The van der Waals surface area contributed by atoms with E-state index in [1.54, 1.807) is 0 Å². The topological polar surface area (TPSA) is 32.3 Å². The molecule has 1 aliphatic carbocycles. The lowest BCUT2D eigenvalue weighted by molar-refractivity contribution is 0.282. The molecule has 0 heterocycles. The normalized spacial score (nSPS) is 24.1. The Morgan fingerprint density at radius 3 is 2.47 bits per heavy atom. The molecule has 2 atom stereocenters. The predicted molar refractivity (Wildman–Crippen MR) is 70.9 cm³/mol. The Bertz CT molecular complexity index is 333. The van der Waals surface area contributed by atoms with Crippen LogP contribution in [0.4, 0.5) is 0 Å². The van der Waals surface area contributed by atoms with Crippen LogP contribution in [0, 0.1) is 5.92 Å². The van der Waals surface area contributed by atoms with Gasteiger partial charge in [0.1, 0.15) is 0 Å². The number of hydrogen-bond donors (Lipinski definition) is 2. The van der Waals surface area contributed by atoms with E-state index in [4.69, 9.17) is 5.11 Å². The molecular formula is C15H23NO. The smallest absolute Gasteiger partial charge is 0.0681 e. The Kier molecular flexibility index (Phi) is 4.57. The van der Waals surface area contributed by atoms with Crippen LogP contribution in [0.3, 0.4) is 0 Å². The van der Waals surface area contributed by atoms with Crippen LogP contribution in [0.5, 0.6) is 0 Å². The van der Waals surface area contributed by atoms with Crippen LogP contribution in [0.2, 0.25) is 0 Å². The van der Waals surface area contributed by atoms with Crippen molar-refractivity contribution in [2.24, 2.45) is 5.92 Å². The van der Waals surface area contributed by atoms with E-state index in [2.05, 4.69) is 24.4 Å². The number of hydrogen-bond acceptors (Lipinski definition) is 2. The first-order chi connectivity index (χ1) is 8.29. The molecule has 0 aliphatic heterocycles. The molecule has 0 spiro atoms. The molecule has 1 saturated carbocycles. The van der Waals surface area contributed by atoms with E-state index in [9.17, 15) is 0 Å². The molecule has 0 saturated heterocycles. The van der Waals surface area contributed by atoms with Gasteiger partial charge in [-0.05, 0) is 42.9 Å². The van der Waals surface area contributed by atoms with Gasteiger partial charge in [0, 0.05) is 6.04 Å². The summed E-state index contributed by atoms with van der Waals surface area (Å²) in [4.78, 5) is 0. The molecular weight excluding hydrogens is 210 g/mol. The van der Waals surface area contributed by atoms with Gasteiger partial charge in [-0.3, -0.25) is 0 Å². The van der Waals surface area contributed by atoms with E-state index < -0.39 is 0 Å². The maximum Gasteiger partial charge on any atom is 0.0681 e. The van der Waals surface area contributed by atoms with E-state index in [0.29, 0.717) is 0 Å². The van der Waals surface area contributed by atoms with Gasteiger partial charge >= 0.3 is 0 Å². The molecule has 1 aliphatic rings. The number of aliphatic hydroxyl groups is 1. The second kappa shape index (κ2) is 6.18. The van der Waals surface area contributed by atoms with Crippen molar-refractivity contribution in [1.82, 2.24) is 5.32 Å². The fraction of sp³-hybridized carbons (Fsp3) is 0.600. The van der Waals surface area contributed by atoms with Gasteiger partial charge in [-0.25, -0.2) is 0 Å². The summed E-state index contributed by atoms with van der Waals surface area (Å²) in [5.41, 5.74) is 2.34. The van der Waals surface area contributed by atoms with Crippen LogP contribution in [-0.4, -0.2) is 17.7 Å². The van der Waals surface area contributed by atoms with E-state index in [-0.39, 0.29) is 6.61 Å². The maximum atomic E-state index is 8.96. The molecule has 0 amide bonds. The minimum Gasteiger partial charge on any atom is -0.392 e. The van der Waals surface area contributed by atoms with Gasteiger partial charge < -0.3 is 10.4 Å². The summed E-state index contributed by atoms with van der Waals surface area (Å²) in [6.07, 6.45) is 5.17. The third-order valence-electron chi connectivity index (χ3n) is 3.89. The Balaban J connectivity index is 1.73. The van der Waals surface area contributed by atoms with E-state index in [0.717, 1.165) is 30.5 Å². The van der Waals surface area contributed by atoms with Gasteiger partial charge in [0.15, 0.2) is 0 Å². The van der Waals surface area contributed by atoms with Crippen LogP contribution < -0.4 is 5.32 Å². The summed E-state index contributed by atoms with van der Waals surface area (Å²) in [6, 6.07) is 8.98. The highest BCUT2D eigenvalue weighted by molar-refractivity contribution is 5.22. The number of benzene rings is 1. The van der Waals surface area contributed by atoms with Gasteiger partial charge in [-0.1, -0.05) is 37.6 Å². The molecule has 1 fully saturated rings. The molecule has 0 aromatic heterocycles. The van der Waals surface area contributed by atoms with Crippen molar-refractivity contribution < 1.29 is 5.11 Å². The van der Waals surface area contributed by atoms with E-state index in [1.807, 2.05) is 12.1 Å². The zero-order chi connectivity index (χ0) is 12.1. The van der Waals surface area contributed by atoms with Gasteiger partial charge in [0.05, 0.1) is 6.61 Å². The van der Waals surface area contributed by atoms with Crippen molar-refractivity contribution in [3.05, 3.63) is 35.4 Å². The minimum atomic E-state index is 0.137. The van der Waals surface area contributed by atoms with Crippen molar-refractivity contribution in [3.8, 4) is 0 Å². The summed E-state index contributed by atoms with van der Waals surface area (Å²) < 4.78 is 0. The molecule has 2 N–H and O–H groups in total. The van der Waals surface area contributed by atoms with E-state index >= 15 is 0 Å². The van der Waals surface area contributed by atoms with Crippen LogP contribution >= 0.6 is 0 Å². The van der Waals surface area contributed by atoms with Gasteiger partial charge in [0.2, 0.25) is 0 Å². The highest BCUT2D eigenvalue weighted by Crippen LogP contribution is 2.24. The summed E-state index contributed by atoms with van der Waals surface area (Å²) in [7, 11) is 0. The molecule has 2 nitrogen and oxygen atoms in total. The third kappa shape index (κ3) is 3.55. The Morgan fingerprint density at radius 2 is 1.88 bits per heavy atom. The third-order valence-corrected chi connectivity index (χ3v) is 3.89. The molecule has 2 unspecified atom stereocenters. The Hall–Kier alpha value is -0.860. The number of aliphatic hydroxyl groups excluding tert-OH is 1. The summed E-state index contributed by atoms with van der Waals surface area (Å²) in [5.74, 6) is 0.840. The Morgan fingerprint density at radius 1 is 1.18 bits per heavy atom. The predicted octanol–water partition coefficient (Wildman–Crippen LogP) is 2.50. The fourth-order valence-electron chi connectivity index (χ4n) is 2.66. The second-order valence-corrected chi connectivity index (χ2v) is 5.19. The van der Waals surface area contributed by atoms with Gasteiger partial charge in [-0.15, -0.1) is 0 Å². The monoisotopic (exact) mass is 233 g/mol. The van der Waals surface area contributed by atoms with Crippen molar-refractivity contribution in [3.63, 3.8) is 0 Å². The molecule has 2 heteroatoms. The first-order valence-corrected chi connectivity index (χ1v) is 6.71. The van der Waals surface area contributed by atoms with Crippen LogP contribution in [0.1, 0.15) is 37.3 Å². The van der Waals surface area contributed by atoms with Gasteiger partial charge in [-0.2, -0.15) is 0 Å². The fourth-order valence-corrected chi connectivity index (χ4v) is 2.66. The van der Waals surface area contributed by atoms with Crippen molar-refractivity contribution in [2.75, 3.05) is 6.54 Å². The molecule has 94 valence electrons. The number of rotatable bonds is 5. The first kappa shape index (κ1) is 12.6. The van der Waals surface area contributed by atoms with Crippen LogP contribution in [0.15, 0.2) is 24.3 Å². The number of nitrogens with one attached hydrogen (secondary N) is 1.